The number of aromatic nitrogens is 1. The zero-order valence-corrected chi connectivity index (χ0v) is 11.3. The molecule has 0 amide bonds. The Morgan fingerprint density at radius 1 is 1.15 bits per heavy atom. The maximum absolute atomic E-state index is 10.5. The highest BCUT2D eigenvalue weighted by Crippen LogP contribution is 2.33. The molecular weight excluding hydrogens is 270 g/mol. The molecule has 0 spiro atoms. The van der Waals surface area contributed by atoms with Gasteiger partial charge in [-0.15, -0.1) is 11.3 Å². The van der Waals surface area contributed by atoms with E-state index in [0.717, 1.165) is 32.3 Å². The minimum atomic E-state index is -0.936. The molecule has 98 valence electrons. The third-order valence-electron chi connectivity index (χ3n) is 2.93. The number of hydrogen-bond donors (Lipinski definition) is 1. The summed E-state index contributed by atoms with van der Waals surface area (Å²) in [6.45, 7) is 0. The molecule has 0 radical (unpaired) electrons. The maximum atomic E-state index is 10.5. The van der Waals surface area contributed by atoms with Crippen LogP contribution in [0.5, 0.6) is 0 Å². The smallest absolute Gasteiger partial charge is 0.328 e. The van der Waals surface area contributed by atoms with E-state index in [2.05, 4.69) is 11.1 Å². The van der Waals surface area contributed by atoms with Crippen LogP contribution in [0, 0.1) is 0 Å². The van der Waals surface area contributed by atoms with Gasteiger partial charge in [0.1, 0.15) is 0 Å². The molecule has 3 rings (SSSR count). The normalized spacial score (nSPS) is 11.2. The van der Waals surface area contributed by atoms with Gasteiger partial charge < -0.3 is 5.11 Å². The standard InChI is InChI=1S/C16H11NO2S/c18-16(19)9-7-11-6-8-15(20-11)13-3-1-5-14-12(13)4-2-10-17-14/h1-10H,(H,18,19)/b9-7+. The average molecular weight is 281 g/mol. The number of pyridine rings is 1. The highest BCUT2D eigenvalue weighted by molar-refractivity contribution is 7.16. The van der Waals surface area contributed by atoms with Gasteiger partial charge in [-0.25, -0.2) is 4.79 Å². The number of nitrogens with zero attached hydrogens (tertiary/aromatic N) is 1. The Balaban J connectivity index is 2.06. The fraction of sp³-hybridized carbons (Fsp3) is 0. The van der Waals surface area contributed by atoms with Crippen molar-refractivity contribution in [2.45, 2.75) is 0 Å². The van der Waals surface area contributed by atoms with Crippen LogP contribution in [-0.2, 0) is 4.79 Å². The second-order valence-electron chi connectivity index (χ2n) is 4.25. The zero-order valence-electron chi connectivity index (χ0n) is 10.5. The molecule has 0 aliphatic heterocycles. The summed E-state index contributed by atoms with van der Waals surface area (Å²) >= 11 is 1.56. The molecule has 0 unspecified atom stereocenters. The maximum Gasteiger partial charge on any atom is 0.328 e. The van der Waals surface area contributed by atoms with Gasteiger partial charge >= 0.3 is 5.97 Å². The van der Waals surface area contributed by atoms with Gasteiger partial charge in [-0.05, 0) is 30.3 Å². The number of rotatable bonds is 3. The molecule has 0 aliphatic rings. The molecule has 0 atom stereocenters. The Hall–Kier alpha value is -2.46. The summed E-state index contributed by atoms with van der Waals surface area (Å²) in [7, 11) is 0. The lowest BCUT2D eigenvalue weighted by atomic mass is 10.1. The van der Waals surface area contributed by atoms with Crippen molar-refractivity contribution in [1.82, 2.24) is 4.98 Å². The largest absolute Gasteiger partial charge is 0.478 e. The van der Waals surface area contributed by atoms with E-state index in [4.69, 9.17) is 5.11 Å². The SMILES string of the molecule is O=C(O)/C=C/c1ccc(-c2cccc3ncccc23)s1. The number of thiophene rings is 1. The van der Waals surface area contributed by atoms with Gasteiger partial charge in [-0.1, -0.05) is 18.2 Å². The van der Waals surface area contributed by atoms with E-state index < -0.39 is 5.97 Å². The van der Waals surface area contributed by atoms with E-state index in [-0.39, 0.29) is 0 Å². The van der Waals surface area contributed by atoms with Crippen molar-refractivity contribution in [3.8, 4) is 10.4 Å². The van der Waals surface area contributed by atoms with E-state index in [1.807, 2.05) is 36.4 Å². The summed E-state index contributed by atoms with van der Waals surface area (Å²) < 4.78 is 0. The van der Waals surface area contributed by atoms with Crippen LogP contribution in [0.1, 0.15) is 4.88 Å². The number of aliphatic carboxylic acids is 1. The quantitative estimate of drug-likeness (QED) is 0.736. The molecule has 20 heavy (non-hydrogen) atoms. The van der Waals surface area contributed by atoms with E-state index >= 15 is 0 Å². The molecule has 3 aromatic rings. The molecule has 4 heteroatoms. The number of carbonyl (C=O) groups is 1. The van der Waals surface area contributed by atoms with Crippen molar-refractivity contribution in [2.75, 3.05) is 0 Å². The van der Waals surface area contributed by atoms with E-state index in [0.29, 0.717) is 0 Å². The zero-order chi connectivity index (χ0) is 13.9. The van der Waals surface area contributed by atoms with Crippen LogP contribution in [-0.4, -0.2) is 16.1 Å². The lowest BCUT2D eigenvalue weighted by Crippen LogP contribution is -1.84. The lowest BCUT2D eigenvalue weighted by Gasteiger charge is -2.02. The van der Waals surface area contributed by atoms with Gasteiger partial charge in [0.15, 0.2) is 0 Å². The first-order valence-corrected chi connectivity index (χ1v) is 6.91. The van der Waals surface area contributed by atoms with E-state index in [9.17, 15) is 4.79 Å². The molecule has 3 nitrogen and oxygen atoms in total. The van der Waals surface area contributed by atoms with Crippen LogP contribution < -0.4 is 0 Å². The molecule has 2 aromatic heterocycles. The number of hydrogen-bond acceptors (Lipinski definition) is 3. The molecular formula is C16H11NO2S. The third-order valence-corrected chi connectivity index (χ3v) is 4.01. The predicted molar refractivity (Wildman–Crippen MR) is 81.7 cm³/mol. The predicted octanol–water partition coefficient (Wildman–Crippen LogP) is 4.06. The van der Waals surface area contributed by atoms with Crippen molar-refractivity contribution < 1.29 is 9.90 Å². The lowest BCUT2D eigenvalue weighted by molar-refractivity contribution is -0.131. The first kappa shape index (κ1) is 12.6. The molecule has 1 N–H and O–H groups in total. The fourth-order valence-corrected chi connectivity index (χ4v) is 3.01. The van der Waals surface area contributed by atoms with Crippen molar-refractivity contribution in [3.05, 3.63) is 59.6 Å². The number of fused-ring (bicyclic) bond motifs is 1. The Bertz CT molecular complexity index is 800. The van der Waals surface area contributed by atoms with Crippen molar-refractivity contribution in [3.63, 3.8) is 0 Å². The first-order chi connectivity index (χ1) is 9.74. The molecule has 1 aromatic carbocycles. The summed E-state index contributed by atoms with van der Waals surface area (Å²) in [4.78, 5) is 16.9. The summed E-state index contributed by atoms with van der Waals surface area (Å²) in [5.74, 6) is -0.936. The Labute approximate surface area is 119 Å². The highest BCUT2D eigenvalue weighted by atomic mass is 32.1. The van der Waals surface area contributed by atoms with Gasteiger partial charge in [0.2, 0.25) is 0 Å². The van der Waals surface area contributed by atoms with Crippen LogP contribution in [0.2, 0.25) is 0 Å². The Morgan fingerprint density at radius 2 is 2.05 bits per heavy atom. The van der Waals surface area contributed by atoms with Crippen LogP contribution in [0.25, 0.3) is 27.4 Å². The van der Waals surface area contributed by atoms with Crippen LogP contribution >= 0.6 is 11.3 Å². The van der Waals surface area contributed by atoms with Gasteiger partial charge in [-0.2, -0.15) is 0 Å². The summed E-state index contributed by atoms with van der Waals surface area (Å²) in [6, 6.07) is 13.9. The summed E-state index contributed by atoms with van der Waals surface area (Å²) in [5.41, 5.74) is 2.08. The average Bonchev–Trinajstić information content (AvgIpc) is 2.93. The van der Waals surface area contributed by atoms with Gasteiger partial charge in [0.25, 0.3) is 0 Å². The van der Waals surface area contributed by atoms with Gasteiger partial charge in [0, 0.05) is 33.0 Å². The highest BCUT2D eigenvalue weighted by Gasteiger charge is 2.06. The van der Waals surface area contributed by atoms with Crippen LogP contribution in [0.4, 0.5) is 0 Å². The third kappa shape index (κ3) is 2.46. The fourth-order valence-electron chi connectivity index (χ4n) is 2.06. The molecule has 0 aliphatic carbocycles. The Morgan fingerprint density at radius 3 is 2.90 bits per heavy atom. The minimum Gasteiger partial charge on any atom is -0.478 e. The number of benzene rings is 1. The van der Waals surface area contributed by atoms with Crippen LogP contribution in [0.3, 0.4) is 0 Å². The number of carboxylic acid groups (broad SMARTS) is 1. The van der Waals surface area contributed by atoms with E-state index in [1.54, 1.807) is 23.6 Å². The first-order valence-electron chi connectivity index (χ1n) is 6.09. The van der Waals surface area contributed by atoms with E-state index in [1.165, 1.54) is 0 Å². The molecule has 0 saturated heterocycles. The van der Waals surface area contributed by atoms with Crippen molar-refractivity contribution in [1.29, 1.82) is 0 Å². The van der Waals surface area contributed by atoms with Crippen molar-refractivity contribution >= 4 is 34.3 Å². The van der Waals surface area contributed by atoms with Crippen LogP contribution in [0.15, 0.2) is 54.7 Å². The number of carboxylic acids is 1. The van der Waals surface area contributed by atoms with Crippen molar-refractivity contribution in [2.24, 2.45) is 0 Å². The minimum absolute atomic E-state index is 0.920. The molecule has 0 bridgehead atoms. The monoisotopic (exact) mass is 281 g/mol. The van der Waals surface area contributed by atoms with Gasteiger partial charge in [-0.3, -0.25) is 4.98 Å². The molecule has 2 heterocycles. The second kappa shape index (κ2) is 5.27. The topological polar surface area (TPSA) is 50.2 Å². The molecule has 0 saturated carbocycles. The molecule has 0 fully saturated rings. The summed E-state index contributed by atoms with van der Waals surface area (Å²) in [5, 5.41) is 9.75. The van der Waals surface area contributed by atoms with Gasteiger partial charge in [0.05, 0.1) is 5.52 Å². The second-order valence-corrected chi connectivity index (χ2v) is 5.36. The Kier molecular flexibility index (Phi) is 3.31. The summed E-state index contributed by atoms with van der Waals surface area (Å²) in [6.07, 6.45) is 4.54.